The zero-order valence-electron chi connectivity index (χ0n) is 15.9. The quantitative estimate of drug-likeness (QED) is 0.526. The summed E-state index contributed by atoms with van der Waals surface area (Å²) < 4.78 is 0. The molecule has 25 heavy (non-hydrogen) atoms. The second kappa shape index (κ2) is 9.05. The summed E-state index contributed by atoms with van der Waals surface area (Å²) >= 11 is 0. The smallest absolute Gasteiger partial charge is 0.310 e. The average molecular weight is 353 g/mol. The highest BCUT2D eigenvalue weighted by Crippen LogP contribution is 2.58. The molecule has 2 saturated carbocycles. The summed E-state index contributed by atoms with van der Waals surface area (Å²) in [4.78, 5) is 24.4. The van der Waals surface area contributed by atoms with Crippen molar-refractivity contribution in [3.8, 4) is 0 Å². The van der Waals surface area contributed by atoms with Crippen LogP contribution in [0.25, 0.3) is 0 Å². The van der Waals surface area contributed by atoms with Crippen molar-refractivity contribution in [1.82, 2.24) is 0 Å². The predicted molar refractivity (Wildman–Crippen MR) is 98.6 cm³/mol. The molecule has 0 aliphatic heterocycles. The zero-order chi connectivity index (χ0) is 18.3. The maximum Gasteiger partial charge on any atom is 0.310 e. The maximum atomic E-state index is 12.3. The number of hydrogen-bond acceptors (Lipinski definition) is 2. The van der Waals surface area contributed by atoms with Crippen molar-refractivity contribution in [3.05, 3.63) is 0 Å². The van der Waals surface area contributed by atoms with E-state index < -0.39 is 22.8 Å². The van der Waals surface area contributed by atoms with Crippen LogP contribution in [-0.4, -0.2) is 22.2 Å². The van der Waals surface area contributed by atoms with Crippen molar-refractivity contribution in [2.45, 2.75) is 103 Å². The van der Waals surface area contributed by atoms with Crippen LogP contribution < -0.4 is 0 Å². The molecular formula is C21H36O4. The number of aliphatic carboxylic acids is 2. The summed E-state index contributed by atoms with van der Waals surface area (Å²) in [6, 6.07) is 0. The molecule has 0 amide bonds. The Morgan fingerprint density at radius 1 is 0.800 bits per heavy atom. The predicted octanol–water partition coefficient (Wildman–Crippen LogP) is 5.64. The van der Waals surface area contributed by atoms with E-state index in [1.54, 1.807) is 0 Å². The Kier molecular flexibility index (Phi) is 7.33. The summed E-state index contributed by atoms with van der Waals surface area (Å²) in [5.74, 6) is -1.14. The van der Waals surface area contributed by atoms with Gasteiger partial charge in [-0.25, -0.2) is 0 Å². The van der Waals surface area contributed by atoms with E-state index in [0.29, 0.717) is 31.6 Å². The molecule has 0 aromatic rings. The van der Waals surface area contributed by atoms with Gasteiger partial charge in [-0.05, 0) is 44.4 Å². The van der Waals surface area contributed by atoms with E-state index in [4.69, 9.17) is 0 Å². The van der Waals surface area contributed by atoms with Crippen molar-refractivity contribution >= 4 is 11.9 Å². The molecule has 2 fully saturated rings. The minimum absolute atomic E-state index is 0.538. The van der Waals surface area contributed by atoms with Crippen LogP contribution in [0.15, 0.2) is 0 Å². The van der Waals surface area contributed by atoms with Gasteiger partial charge in [0.1, 0.15) is 0 Å². The molecule has 0 heterocycles. The lowest BCUT2D eigenvalue weighted by Gasteiger charge is -2.50. The van der Waals surface area contributed by atoms with Crippen molar-refractivity contribution in [2.24, 2.45) is 16.7 Å². The highest BCUT2D eigenvalue weighted by Gasteiger charge is 2.61. The van der Waals surface area contributed by atoms with Crippen LogP contribution in [-0.2, 0) is 9.59 Å². The van der Waals surface area contributed by atoms with Crippen LogP contribution in [0.5, 0.6) is 0 Å². The molecular weight excluding hydrogens is 316 g/mol. The zero-order valence-corrected chi connectivity index (χ0v) is 15.9. The molecule has 0 saturated heterocycles. The Morgan fingerprint density at radius 2 is 1.32 bits per heavy atom. The number of carbonyl (C=O) groups is 2. The van der Waals surface area contributed by atoms with E-state index in [2.05, 4.69) is 6.92 Å². The first kappa shape index (κ1) is 20.3. The largest absolute Gasteiger partial charge is 0.481 e. The summed E-state index contributed by atoms with van der Waals surface area (Å²) in [7, 11) is 0. The lowest BCUT2D eigenvalue weighted by atomic mass is 9.51. The number of unbranched alkanes of at least 4 members (excludes halogenated alkanes) is 4. The highest BCUT2D eigenvalue weighted by atomic mass is 16.4. The second-order valence-corrected chi connectivity index (χ2v) is 8.48. The van der Waals surface area contributed by atoms with E-state index >= 15 is 0 Å². The first-order valence-corrected chi connectivity index (χ1v) is 10.5. The normalized spacial score (nSPS) is 29.2. The Balaban J connectivity index is 2.00. The average Bonchev–Trinajstić information content (AvgIpc) is 2.62. The van der Waals surface area contributed by atoms with E-state index in [1.807, 2.05) is 0 Å². The minimum Gasteiger partial charge on any atom is -0.481 e. The molecule has 0 bridgehead atoms. The Hall–Kier alpha value is -1.06. The van der Waals surface area contributed by atoms with Gasteiger partial charge >= 0.3 is 11.9 Å². The fourth-order valence-corrected chi connectivity index (χ4v) is 5.45. The summed E-state index contributed by atoms with van der Waals surface area (Å²) in [6.45, 7) is 2.22. The molecule has 0 spiro atoms. The SMILES string of the molecule is CCCCCCCC1CCC(C(=O)O)(C2(C(=O)O)CCCCC2)CC1. The van der Waals surface area contributed by atoms with Gasteiger partial charge in [-0.2, -0.15) is 0 Å². The third-order valence-electron chi connectivity index (χ3n) is 7.12. The third-order valence-corrected chi connectivity index (χ3v) is 7.12. The first-order chi connectivity index (χ1) is 12.0. The van der Waals surface area contributed by atoms with Gasteiger partial charge in [0.15, 0.2) is 0 Å². The summed E-state index contributed by atoms with van der Waals surface area (Å²) in [5.41, 5.74) is -2.08. The molecule has 2 aliphatic rings. The fourth-order valence-electron chi connectivity index (χ4n) is 5.45. The fraction of sp³-hybridized carbons (Fsp3) is 0.905. The Bertz CT molecular complexity index is 443. The van der Waals surface area contributed by atoms with Crippen LogP contribution in [0.2, 0.25) is 0 Å². The highest BCUT2D eigenvalue weighted by molar-refractivity contribution is 5.87. The van der Waals surface area contributed by atoms with Gasteiger partial charge in [0, 0.05) is 0 Å². The molecule has 4 heteroatoms. The van der Waals surface area contributed by atoms with Crippen LogP contribution in [0.1, 0.15) is 103 Å². The molecule has 2 rings (SSSR count). The Labute approximate surface area is 152 Å². The molecule has 0 atom stereocenters. The van der Waals surface area contributed by atoms with Crippen LogP contribution in [0, 0.1) is 16.7 Å². The van der Waals surface area contributed by atoms with Gasteiger partial charge in [-0.3, -0.25) is 9.59 Å². The van der Waals surface area contributed by atoms with Crippen LogP contribution in [0.3, 0.4) is 0 Å². The Morgan fingerprint density at radius 3 is 1.84 bits per heavy atom. The third kappa shape index (κ3) is 4.20. The molecule has 2 N–H and O–H groups in total. The standard InChI is InChI=1S/C21H36O4/c1-2-3-4-5-7-10-17-11-15-21(16-12-17,19(24)25)20(18(22)23)13-8-6-9-14-20/h17H,2-16H2,1H3,(H,22,23)(H,24,25). The number of hydrogen-bond donors (Lipinski definition) is 2. The number of carboxylic acids is 2. The van der Waals surface area contributed by atoms with E-state index in [9.17, 15) is 19.8 Å². The molecule has 0 unspecified atom stereocenters. The lowest BCUT2D eigenvalue weighted by Crippen LogP contribution is -2.55. The van der Waals surface area contributed by atoms with Crippen molar-refractivity contribution in [3.63, 3.8) is 0 Å². The molecule has 0 aromatic carbocycles. The van der Waals surface area contributed by atoms with Gasteiger partial charge in [0.05, 0.1) is 10.8 Å². The van der Waals surface area contributed by atoms with Crippen LogP contribution >= 0.6 is 0 Å². The van der Waals surface area contributed by atoms with Gasteiger partial charge in [-0.15, -0.1) is 0 Å². The second-order valence-electron chi connectivity index (χ2n) is 8.48. The van der Waals surface area contributed by atoms with Crippen molar-refractivity contribution in [2.75, 3.05) is 0 Å². The van der Waals surface area contributed by atoms with Gasteiger partial charge in [0.25, 0.3) is 0 Å². The number of carboxylic acid groups (broad SMARTS) is 2. The summed E-state index contributed by atoms with van der Waals surface area (Å²) in [6.07, 6.45) is 14.2. The van der Waals surface area contributed by atoms with E-state index in [-0.39, 0.29) is 0 Å². The van der Waals surface area contributed by atoms with E-state index in [0.717, 1.165) is 32.1 Å². The monoisotopic (exact) mass is 352 g/mol. The van der Waals surface area contributed by atoms with Gasteiger partial charge in [0.2, 0.25) is 0 Å². The van der Waals surface area contributed by atoms with Crippen molar-refractivity contribution in [1.29, 1.82) is 0 Å². The first-order valence-electron chi connectivity index (χ1n) is 10.5. The molecule has 4 nitrogen and oxygen atoms in total. The topological polar surface area (TPSA) is 74.6 Å². The summed E-state index contributed by atoms with van der Waals surface area (Å²) in [5, 5.41) is 20.0. The molecule has 2 aliphatic carbocycles. The minimum atomic E-state index is -1.04. The number of rotatable bonds is 9. The van der Waals surface area contributed by atoms with Gasteiger partial charge < -0.3 is 10.2 Å². The molecule has 0 aromatic heterocycles. The molecule has 144 valence electrons. The van der Waals surface area contributed by atoms with E-state index in [1.165, 1.54) is 38.5 Å². The molecule has 0 radical (unpaired) electrons. The maximum absolute atomic E-state index is 12.3. The van der Waals surface area contributed by atoms with Gasteiger partial charge in [-0.1, -0.05) is 64.7 Å². The lowest BCUT2D eigenvalue weighted by molar-refractivity contribution is -0.183. The van der Waals surface area contributed by atoms with Crippen molar-refractivity contribution < 1.29 is 19.8 Å². The van der Waals surface area contributed by atoms with Crippen LogP contribution in [0.4, 0.5) is 0 Å².